The average molecular weight is 613 g/mol. The monoisotopic (exact) mass is 612 g/mol. The van der Waals surface area contributed by atoms with Gasteiger partial charge in [0.2, 0.25) is 0 Å². The highest BCUT2D eigenvalue weighted by atomic mass is 35.5. The Morgan fingerprint density at radius 1 is 1.07 bits per heavy atom. The number of anilines is 1. The molecule has 1 fully saturated rings. The van der Waals surface area contributed by atoms with Gasteiger partial charge in [0.1, 0.15) is 11.3 Å². The summed E-state index contributed by atoms with van der Waals surface area (Å²) in [6, 6.07) is 14.5. The standard InChI is InChI=1S/C38H45ClN2O3/c1-24(23-44-34-12-17-40-33-11-3-6-25(2)35(33)34)18-29-20-28-19-26-7-4-8-27(26)21-32(28)37(29)13-15-38(16-14-37,36(42)43)41-31-10-5-9-30(39)22-31/h5,9-10,12,17,19,21-22,24-25,29,41H,3-4,6-8,11,13-16,18,20,23H2,1-2H3,(H,42,43)/t24-,25-,29+,37?,38?/m1/s1. The number of aryl methyl sites for hydroxylation is 3. The summed E-state index contributed by atoms with van der Waals surface area (Å²) in [7, 11) is 0. The van der Waals surface area contributed by atoms with Crippen LogP contribution in [0.25, 0.3) is 0 Å². The van der Waals surface area contributed by atoms with Crippen molar-refractivity contribution in [2.45, 2.75) is 108 Å². The maximum absolute atomic E-state index is 12.9. The molecule has 1 aromatic heterocycles. The molecule has 232 valence electrons. The maximum atomic E-state index is 12.9. The van der Waals surface area contributed by atoms with Crippen molar-refractivity contribution in [3.05, 3.63) is 87.2 Å². The summed E-state index contributed by atoms with van der Waals surface area (Å²) in [5.41, 5.74) is 8.37. The lowest BCUT2D eigenvalue weighted by atomic mass is 9.59. The molecule has 0 radical (unpaired) electrons. The van der Waals surface area contributed by atoms with Crippen LogP contribution in [0, 0.1) is 11.8 Å². The van der Waals surface area contributed by atoms with E-state index in [1.165, 1.54) is 59.2 Å². The van der Waals surface area contributed by atoms with Gasteiger partial charge in [-0.05, 0) is 147 Å². The smallest absolute Gasteiger partial charge is 0.329 e. The second kappa shape index (κ2) is 11.7. The fraction of sp³-hybridized carbons (Fsp3) is 0.526. The van der Waals surface area contributed by atoms with Gasteiger partial charge in [-0.25, -0.2) is 4.79 Å². The molecular formula is C38H45ClN2O3. The minimum Gasteiger partial charge on any atom is -0.493 e. The van der Waals surface area contributed by atoms with E-state index in [1.807, 2.05) is 30.5 Å². The van der Waals surface area contributed by atoms with E-state index in [-0.39, 0.29) is 5.41 Å². The quantitative estimate of drug-likeness (QED) is 0.266. The van der Waals surface area contributed by atoms with Gasteiger partial charge in [-0.15, -0.1) is 0 Å². The summed E-state index contributed by atoms with van der Waals surface area (Å²) in [6.45, 7) is 5.32. The van der Waals surface area contributed by atoms with Crippen LogP contribution in [0.5, 0.6) is 5.75 Å². The number of fused-ring (bicyclic) bond motifs is 4. The molecule has 7 rings (SSSR count). The molecule has 44 heavy (non-hydrogen) atoms. The number of nitrogens with zero attached hydrogens (tertiary/aromatic N) is 1. The number of aromatic nitrogens is 1. The first-order valence-electron chi connectivity index (χ1n) is 16.8. The molecule has 0 bridgehead atoms. The van der Waals surface area contributed by atoms with Crippen molar-refractivity contribution in [3.8, 4) is 5.75 Å². The molecule has 1 spiro atoms. The number of rotatable bonds is 8. The number of benzene rings is 2. The van der Waals surface area contributed by atoms with E-state index >= 15 is 0 Å². The van der Waals surface area contributed by atoms with E-state index in [4.69, 9.17) is 16.3 Å². The summed E-state index contributed by atoms with van der Waals surface area (Å²) >= 11 is 6.26. The van der Waals surface area contributed by atoms with Crippen molar-refractivity contribution >= 4 is 23.3 Å². The molecule has 1 saturated carbocycles. The van der Waals surface area contributed by atoms with Crippen LogP contribution in [0.1, 0.15) is 105 Å². The van der Waals surface area contributed by atoms with Crippen molar-refractivity contribution in [3.63, 3.8) is 0 Å². The number of carboxylic acid groups (broad SMARTS) is 1. The van der Waals surface area contributed by atoms with Gasteiger partial charge >= 0.3 is 5.97 Å². The second-order valence-corrected chi connectivity index (χ2v) is 14.8. The summed E-state index contributed by atoms with van der Waals surface area (Å²) < 4.78 is 6.57. The van der Waals surface area contributed by atoms with Gasteiger partial charge in [0.25, 0.3) is 0 Å². The Bertz CT molecular complexity index is 1560. The predicted octanol–water partition coefficient (Wildman–Crippen LogP) is 8.69. The zero-order valence-corrected chi connectivity index (χ0v) is 26.9. The third kappa shape index (κ3) is 5.29. The van der Waals surface area contributed by atoms with Crippen molar-refractivity contribution in [1.29, 1.82) is 0 Å². The molecular weight excluding hydrogens is 568 g/mol. The van der Waals surface area contributed by atoms with Crippen LogP contribution in [0.4, 0.5) is 5.69 Å². The van der Waals surface area contributed by atoms with Crippen LogP contribution in [0.3, 0.4) is 0 Å². The van der Waals surface area contributed by atoms with Gasteiger partial charge in [-0.3, -0.25) is 4.98 Å². The normalized spacial score (nSPS) is 27.8. The van der Waals surface area contributed by atoms with Gasteiger partial charge in [-0.1, -0.05) is 43.6 Å². The van der Waals surface area contributed by atoms with Gasteiger partial charge in [0.15, 0.2) is 0 Å². The van der Waals surface area contributed by atoms with Crippen LogP contribution in [0.15, 0.2) is 48.7 Å². The Kier molecular flexibility index (Phi) is 7.89. The Hall–Kier alpha value is -3.05. The largest absolute Gasteiger partial charge is 0.493 e. The van der Waals surface area contributed by atoms with Crippen LogP contribution in [0.2, 0.25) is 5.02 Å². The molecule has 0 saturated heterocycles. The molecule has 3 atom stereocenters. The van der Waals surface area contributed by atoms with Crippen molar-refractivity contribution < 1.29 is 14.6 Å². The van der Waals surface area contributed by atoms with E-state index in [2.05, 4.69) is 42.3 Å². The highest BCUT2D eigenvalue weighted by Gasteiger charge is 2.54. The maximum Gasteiger partial charge on any atom is 0.329 e. The number of pyridine rings is 1. The molecule has 3 aromatic rings. The molecule has 4 aliphatic carbocycles. The SMILES string of the molecule is C[C@@H](COc1ccnc2c1[C@H](C)CCC2)C[C@H]1Cc2cc3c(cc2C12CCC(Nc1cccc(Cl)c1)(C(=O)O)CC2)CCC3. The molecule has 6 heteroatoms. The fourth-order valence-electron chi connectivity index (χ4n) is 9.19. The minimum absolute atomic E-state index is 0.000517. The topological polar surface area (TPSA) is 71.5 Å². The molecule has 1 heterocycles. The zero-order chi connectivity index (χ0) is 30.5. The second-order valence-electron chi connectivity index (χ2n) is 14.3. The Balaban J connectivity index is 1.13. The first-order valence-corrected chi connectivity index (χ1v) is 17.2. The first kappa shape index (κ1) is 29.6. The molecule has 2 aromatic carbocycles. The van der Waals surface area contributed by atoms with E-state index in [1.54, 1.807) is 0 Å². The van der Waals surface area contributed by atoms with E-state index in [9.17, 15) is 9.90 Å². The van der Waals surface area contributed by atoms with Crippen molar-refractivity contribution in [2.75, 3.05) is 11.9 Å². The average Bonchev–Trinajstić information content (AvgIpc) is 3.58. The number of aliphatic carboxylic acids is 1. The van der Waals surface area contributed by atoms with Gasteiger partial charge in [0.05, 0.1) is 6.61 Å². The van der Waals surface area contributed by atoms with Gasteiger partial charge < -0.3 is 15.2 Å². The van der Waals surface area contributed by atoms with Crippen LogP contribution < -0.4 is 10.1 Å². The number of halogens is 1. The Labute approximate surface area is 266 Å². The predicted molar refractivity (Wildman–Crippen MR) is 176 cm³/mol. The number of nitrogens with one attached hydrogen (secondary N) is 1. The lowest BCUT2D eigenvalue weighted by Crippen LogP contribution is -2.53. The number of carboxylic acids is 1. The van der Waals surface area contributed by atoms with E-state index < -0.39 is 11.5 Å². The van der Waals surface area contributed by atoms with Crippen LogP contribution >= 0.6 is 11.6 Å². The highest BCUT2D eigenvalue weighted by Crippen LogP contribution is 2.57. The number of hydrogen-bond acceptors (Lipinski definition) is 4. The van der Waals surface area contributed by atoms with Crippen molar-refractivity contribution in [2.24, 2.45) is 11.8 Å². The molecule has 0 aliphatic heterocycles. The Morgan fingerprint density at radius 3 is 2.64 bits per heavy atom. The first-order chi connectivity index (χ1) is 21.3. The number of ether oxygens (including phenoxy) is 1. The third-order valence-corrected chi connectivity index (χ3v) is 11.7. The van der Waals surface area contributed by atoms with Crippen LogP contribution in [-0.4, -0.2) is 28.2 Å². The molecule has 5 nitrogen and oxygen atoms in total. The summed E-state index contributed by atoms with van der Waals surface area (Å²) in [4.78, 5) is 17.5. The lowest BCUT2D eigenvalue weighted by molar-refractivity contribution is -0.144. The van der Waals surface area contributed by atoms with E-state index in [0.717, 1.165) is 50.0 Å². The van der Waals surface area contributed by atoms with Gasteiger partial charge in [0, 0.05) is 28.2 Å². The minimum atomic E-state index is -0.994. The summed E-state index contributed by atoms with van der Waals surface area (Å²) in [5.74, 6) is 1.60. The molecule has 2 N–H and O–H groups in total. The fourth-order valence-corrected chi connectivity index (χ4v) is 9.38. The Morgan fingerprint density at radius 2 is 1.86 bits per heavy atom. The number of hydrogen-bond donors (Lipinski definition) is 2. The number of carbonyl (C=O) groups is 1. The van der Waals surface area contributed by atoms with Gasteiger partial charge in [-0.2, -0.15) is 0 Å². The van der Waals surface area contributed by atoms with Crippen LogP contribution in [-0.2, 0) is 35.9 Å². The molecule has 4 aliphatic rings. The van der Waals surface area contributed by atoms with E-state index in [0.29, 0.717) is 42.2 Å². The summed E-state index contributed by atoms with van der Waals surface area (Å²) in [6.07, 6.45) is 14.0. The molecule has 0 amide bonds. The lowest BCUT2D eigenvalue weighted by Gasteiger charge is -2.47. The summed E-state index contributed by atoms with van der Waals surface area (Å²) in [5, 5.41) is 14.6. The zero-order valence-electron chi connectivity index (χ0n) is 26.1. The third-order valence-electron chi connectivity index (χ3n) is 11.5. The molecule has 0 unspecified atom stereocenters. The van der Waals surface area contributed by atoms with Crippen molar-refractivity contribution in [1.82, 2.24) is 4.98 Å². The highest BCUT2D eigenvalue weighted by molar-refractivity contribution is 6.30.